The first-order valence-corrected chi connectivity index (χ1v) is 9.65. The average molecular weight is 339 g/mol. The van der Waals surface area contributed by atoms with Crippen molar-refractivity contribution < 1.29 is 0 Å². The van der Waals surface area contributed by atoms with E-state index in [1.807, 2.05) is 0 Å². The number of fused-ring (bicyclic) bond motifs is 1. The molecule has 1 aromatic carbocycles. The lowest BCUT2D eigenvalue weighted by molar-refractivity contribution is 1.55. The van der Waals surface area contributed by atoms with E-state index in [1.165, 1.54) is 30.6 Å². The molecule has 0 aliphatic carbocycles. The van der Waals surface area contributed by atoms with Gasteiger partial charge in [-0.1, -0.05) is 59.2 Å². The lowest BCUT2D eigenvalue weighted by Gasteiger charge is -1.98. The molecule has 0 amide bonds. The maximum atomic E-state index is 4.50. The van der Waals surface area contributed by atoms with Crippen molar-refractivity contribution in [2.24, 2.45) is 0 Å². The molecule has 0 N–H and O–H groups in total. The normalized spacial score (nSPS) is 18.1. The standard InChI is InChI=1S/C12H6N2S5/c1-2-8(12-17-5-6-18-12)10-9(13-19-14-10)7(1)11-15-3-4-16-11/h1-6H. The molecule has 0 bridgehead atoms. The van der Waals surface area contributed by atoms with Crippen LogP contribution in [0.2, 0.25) is 0 Å². The summed E-state index contributed by atoms with van der Waals surface area (Å²) in [4.78, 5) is 0. The van der Waals surface area contributed by atoms with Gasteiger partial charge >= 0.3 is 0 Å². The fraction of sp³-hybridized carbons (Fsp3) is 0. The van der Waals surface area contributed by atoms with E-state index in [0.29, 0.717) is 0 Å². The number of hydrogen-bond donors (Lipinski definition) is 0. The van der Waals surface area contributed by atoms with Gasteiger partial charge in [0, 0.05) is 10.4 Å². The first kappa shape index (κ1) is 12.4. The van der Waals surface area contributed by atoms with Gasteiger partial charge in [-0.2, -0.15) is 8.75 Å². The van der Waals surface area contributed by atoms with Crippen molar-refractivity contribution in [2.45, 2.75) is 0 Å². The maximum Gasteiger partial charge on any atom is 0.114 e. The van der Waals surface area contributed by atoms with Crippen LogP contribution in [-0.4, -0.2) is 8.75 Å². The van der Waals surface area contributed by atoms with Crippen LogP contribution in [0, 0.1) is 0 Å². The number of rotatable bonds is 0. The Kier molecular flexibility index (Phi) is 3.40. The molecular weight excluding hydrogens is 332 g/mol. The van der Waals surface area contributed by atoms with Gasteiger partial charge in [0.1, 0.15) is 11.0 Å². The molecule has 0 unspecified atom stereocenters. The van der Waals surface area contributed by atoms with E-state index in [4.69, 9.17) is 0 Å². The average Bonchev–Trinajstić information content (AvgIpc) is 3.19. The molecular formula is C12H6N2S5. The van der Waals surface area contributed by atoms with Crippen LogP contribution in [0.15, 0.2) is 33.8 Å². The molecule has 2 nitrogen and oxygen atoms in total. The van der Waals surface area contributed by atoms with Crippen molar-refractivity contribution in [3.63, 3.8) is 0 Å². The van der Waals surface area contributed by atoms with E-state index in [-0.39, 0.29) is 0 Å². The van der Waals surface area contributed by atoms with E-state index in [1.54, 1.807) is 47.0 Å². The fourth-order valence-corrected chi connectivity index (χ4v) is 6.10. The molecule has 3 heterocycles. The first-order valence-electron chi connectivity index (χ1n) is 5.40. The summed E-state index contributed by atoms with van der Waals surface area (Å²) in [6.45, 7) is 0. The van der Waals surface area contributed by atoms with Crippen molar-refractivity contribution in [3.05, 3.63) is 44.2 Å². The first-order chi connectivity index (χ1) is 9.43. The van der Waals surface area contributed by atoms with Crippen LogP contribution in [0.25, 0.3) is 19.5 Å². The van der Waals surface area contributed by atoms with Gasteiger partial charge in [0.05, 0.1) is 20.2 Å². The van der Waals surface area contributed by atoms with E-state index in [2.05, 4.69) is 42.5 Å². The monoisotopic (exact) mass is 338 g/mol. The zero-order valence-corrected chi connectivity index (χ0v) is 13.5. The second-order valence-corrected chi connectivity index (χ2v) is 8.42. The minimum atomic E-state index is 1.03. The molecule has 7 heteroatoms. The van der Waals surface area contributed by atoms with E-state index >= 15 is 0 Å². The molecule has 0 spiro atoms. The van der Waals surface area contributed by atoms with Gasteiger partial charge in [0.15, 0.2) is 0 Å². The van der Waals surface area contributed by atoms with Crippen LogP contribution in [-0.2, 0) is 0 Å². The van der Waals surface area contributed by atoms with Crippen LogP contribution in [0.3, 0.4) is 0 Å². The van der Waals surface area contributed by atoms with Crippen molar-refractivity contribution >= 4 is 78.3 Å². The Morgan fingerprint density at radius 3 is 1.47 bits per heavy atom. The zero-order chi connectivity index (χ0) is 12.7. The SMILES string of the molecule is C1=CSC(=c2ccc(=C3SC=CS3)c3nsnc23)S1. The Balaban J connectivity index is 2.07. The molecule has 0 radical (unpaired) electrons. The van der Waals surface area contributed by atoms with Gasteiger partial charge in [-0.05, 0) is 21.6 Å². The lowest BCUT2D eigenvalue weighted by Crippen LogP contribution is -2.13. The molecule has 2 aliphatic heterocycles. The van der Waals surface area contributed by atoms with Crippen molar-refractivity contribution in [3.8, 4) is 0 Å². The van der Waals surface area contributed by atoms with Gasteiger partial charge in [-0.15, -0.1) is 0 Å². The topological polar surface area (TPSA) is 25.8 Å². The maximum absolute atomic E-state index is 4.50. The number of benzene rings is 1. The molecule has 0 atom stereocenters. The van der Waals surface area contributed by atoms with Crippen molar-refractivity contribution in [1.29, 1.82) is 0 Å². The summed E-state index contributed by atoms with van der Waals surface area (Å²) in [5.74, 6) is 0. The summed E-state index contributed by atoms with van der Waals surface area (Å²) in [6, 6.07) is 4.35. The number of nitrogens with zero attached hydrogens (tertiary/aromatic N) is 2. The van der Waals surface area contributed by atoms with Crippen molar-refractivity contribution in [1.82, 2.24) is 8.75 Å². The Labute approximate surface area is 130 Å². The van der Waals surface area contributed by atoms with Gasteiger partial charge < -0.3 is 0 Å². The van der Waals surface area contributed by atoms with Gasteiger partial charge in [-0.25, -0.2) is 0 Å². The zero-order valence-electron chi connectivity index (χ0n) is 9.40. The summed E-state index contributed by atoms with van der Waals surface area (Å²) in [5.41, 5.74) is 2.06. The Morgan fingerprint density at radius 1 is 0.632 bits per heavy atom. The quantitative estimate of drug-likeness (QED) is 0.726. The minimum absolute atomic E-state index is 1.03. The van der Waals surface area contributed by atoms with Crippen molar-refractivity contribution in [2.75, 3.05) is 0 Å². The smallest absolute Gasteiger partial charge is 0.114 e. The molecule has 0 fully saturated rings. The van der Waals surface area contributed by atoms with Crippen LogP contribution in [0.1, 0.15) is 0 Å². The molecule has 2 aromatic rings. The summed E-state index contributed by atoms with van der Waals surface area (Å²) in [6.07, 6.45) is 0. The molecule has 94 valence electrons. The molecule has 0 saturated carbocycles. The highest BCUT2D eigenvalue weighted by atomic mass is 32.2. The highest BCUT2D eigenvalue weighted by Crippen LogP contribution is 2.39. The summed E-state index contributed by atoms with van der Waals surface area (Å²) in [5, 5.41) is 10.9. The highest BCUT2D eigenvalue weighted by molar-refractivity contribution is 8.35. The van der Waals surface area contributed by atoms with Gasteiger partial charge in [0.25, 0.3) is 0 Å². The predicted octanol–water partition coefficient (Wildman–Crippen LogP) is 3.73. The molecule has 1 aromatic heterocycles. The molecule has 2 aliphatic rings. The van der Waals surface area contributed by atoms with Gasteiger partial charge in [-0.3, -0.25) is 0 Å². The minimum Gasteiger partial charge on any atom is -0.172 e. The molecule has 0 saturated heterocycles. The number of hydrogen-bond acceptors (Lipinski definition) is 7. The van der Waals surface area contributed by atoms with E-state index in [0.717, 1.165) is 11.0 Å². The lowest BCUT2D eigenvalue weighted by atomic mass is 10.2. The van der Waals surface area contributed by atoms with E-state index in [9.17, 15) is 0 Å². The molecule has 19 heavy (non-hydrogen) atoms. The van der Waals surface area contributed by atoms with Gasteiger partial charge in [0.2, 0.25) is 0 Å². The van der Waals surface area contributed by atoms with E-state index < -0.39 is 0 Å². The Morgan fingerprint density at radius 2 is 1.05 bits per heavy atom. The third-order valence-electron chi connectivity index (χ3n) is 2.67. The summed E-state index contributed by atoms with van der Waals surface area (Å²) >= 11 is 8.33. The Hall–Kier alpha value is -0.340. The van der Waals surface area contributed by atoms with Crippen LogP contribution in [0.4, 0.5) is 0 Å². The highest BCUT2D eigenvalue weighted by Gasteiger charge is 2.12. The number of thioether (sulfide) groups is 4. The third-order valence-corrected chi connectivity index (χ3v) is 7.52. The predicted molar refractivity (Wildman–Crippen MR) is 92.1 cm³/mol. The number of aromatic nitrogens is 2. The summed E-state index contributed by atoms with van der Waals surface area (Å²) in [7, 11) is 0. The largest absolute Gasteiger partial charge is 0.172 e. The van der Waals surface area contributed by atoms with Crippen LogP contribution < -0.4 is 10.4 Å². The third kappa shape index (κ3) is 2.17. The fourth-order valence-electron chi connectivity index (χ4n) is 1.86. The Bertz CT molecular complexity index is 745. The molecule has 4 rings (SSSR count). The summed E-state index contributed by atoms with van der Waals surface area (Å²) < 4.78 is 11.6. The van der Waals surface area contributed by atoms with Crippen LogP contribution >= 0.6 is 58.8 Å². The second-order valence-electron chi connectivity index (χ2n) is 3.71. The van der Waals surface area contributed by atoms with Crippen LogP contribution in [0.5, 0.6) is 0 Å². The second kappa shape index (κ2) is 5.21.